The molecule has 0 radical (unpaired) electrons. The number of rotatable bonds is 7. The van der Waals surface area contributed by atoms with E-state index in [0.717, 1.165) is 33.9 Å². The summed E-state index contributed by atoms with van der Waals surface area (Å²) in [6.45, 7) is 4.75. The number of nitrogens with zero attached hydrogens (tertiary/aromatic N) is 1. The standard InChI is InChI=1S/C32H33Cl2N3O3/c1-32(2)17-26-30(28(38)18-32)31(21-10-13-23(33)24(34)16-21)37(27-7-5-4-6-25(27)36-26)19-29(39)35-15-14-20-8-11-22(40-3)12-9-20/h4-13,16,31,36H,14-15,17-19H2,1-3H3,(H,35,39). The minimum atomic E-state index is -0.517. The summed E-state index contributed by atoms with van der Waals surface area (Å²) < 4.78 is 5.23. The second-order valence-corrected chi connectivity index (χ2v) is 11.9. The highest BCUT2D eigenvalue weighted by Crippen LogP contribution is 2.48. The summed E-state index contributed by atoms with van der Waals surface area (Å²) >= 11 is 12.7. The van der Waals surface area contributed by atoms with Crippen LogP contribution in [0, 0.1) is 5.41 Å². The molecule has 6 nitrogen and oxygen atoms in total. The molecule has 1 heterocycles. The largest absolute Gasteiger partial charge is 0.497 e. The lowest BCUT2D eigenvalue weighted by molar-refractivity contribution is -0.120. The molecule has 0 saturated carbocycles. The Bertz CT molecular complexity index is 1470. The van der Waals surface area contributed by atoms with Crippen molar-refractivity contribution >= 4 is 46.3 Å². The number of methoxy groups -OCH3 is 1. The number of Topliss-reactive ketones (excluding diaryl/α,β-unsaturated/α-hetero) is 1. The van der Waals surface area contributed by atoms with Crippen LogP contribution in [0.25, 0.3) is 0 Å². The van der Waals surface area contributed by atoms with Crippen molar-refractivity contribution in [2.45, 2.75) is 39.2 Å². The third kappa shape index (κ3) is 5.98. The topological polar surface area (TPSA) is 70.7 Å². The molecule has 1 aliphatic carbocycles. The van der Waals surface area contributed by atoms with Crippen LogP contribution in [0.2, 0.25) is 10.0 Å². The highest BCUT2D eigenvalue weighted by Gasteiger charge is 2.42. The summed E-state index contributed by atoms with van der Waals surface area (Å²) in [7, 11) is 1.64. The highest BCUT2D eigenvalue weighted by atomic mass is 35.5. The fourth-order valence-electron chi connectivity index (χ4n) is 5.61. The number of nitrogens with one attached hydrogen (secondary N) is 2. The maximum Gasteiger partial charge on any atom is 0.239 e. The van der Waals surface area contributed by atoms with Gasteiger partial charge in [0.15, 0.2) is 5.78 Å². The van der Waals surface area contributed by atoms with Gasteiger partial charge < -0.3 is 20.3 Å². The predicted octanol–water partition coefficient (Wildman–Crippen LogP) is 6.98. The lowest BCUT2D eigenvalue weighted by Gasteiger charge is -2.38. The molecule has 1 atom stereocenters. The molecule has 1 unspecified atom stereocenters. The lowest BCUT2D eigenvalue weighted by atomic mass is 9.73. The number of carbonyl (C=O) groups is 2. The zero-order valence-electron chi connectivity index (χ0n) is 22.9. The molecule has 5 rings (SSSR count). The molecule has 0 spiro atoms. The Morgan fingerprint density at radius 1 is 1.05 bits per heavy atom. The van der Waals surface area contributed by atoms with Crippen molar-refractivity contribution in [1.29, 1.82) is 0 Å². The van der Waals surface area contributed by atoms with Gasteiger partial charge in [0.1, 0.15) is 5.75 Å². The summed E-state index contributed by atoms with van der Waals surface area (Å²) in [6, 6.07) is 20.6. The Morgan fingerprint density at radius 2 is 1.80 bits per heavy atom. The van der Waals surface area contributed by atoms with Crippen molar-refractivity contribution in [2.24, 2.45) is 5.41 Å². The molecule has 3 aromatic carbocycles. The molecular weight excluding hydrogens is 545 g/mol. The molecule has 0 aromatic heterocycles. The molecule has 208 valence electrons. The Kier molecular flexibility index (Phi) is 8.11. The van der Waals surface area contributed by atoms with Crippen LogP contribution < -0.4 is 20.3 Å². The number of allylic oxidation sites excluding steroid dienone is 1. The average molecular weight is 579 g/mol. The van der Waals surface area contributed by atoms with E-state index >= 15 is 0 Å². The number of hydrogen-bond donors (Lipinski definition) is 2. The van der Waals surface area contributed by atoms with Gasteiger partial charge in [0, 0.05) is 24.2 Å². The molecule has 1 amide bonds. The molecule has 1 aliphatic heterocycles. The minimum Gasteiger partial charge on any atom is -0.497 e. The number of ether oxygens (including phenoxy) is 1. The zero-order valence-corrected chi connectivity index (χ0v) is 24.4. The second-order valence-electron chi connectivity index (χ2n) is 11.1. The lowest BCUT2D eigenvalue weighted by Crippen LogP contribution is -2.42. The monoisotopic (exact) mass is 577 g/mol. The van der Waals surface area contributed by atoms with Gasteiger partial charge in [-0.15, -0.1) is 0 Å². The van der Waals surface area contributed by atoms with E-state index in [-0.39, 0.29) is 23.7 Å². The quantitative estimate of drug-likeness (QED) is 0.317. The SMILES string of the molecule is COc1ccc(CCNC(=O)CN2c3ccccc3NC3=C(C(=O)CC(C)(C)C3)C2c2ccc(Cl)c(Cl)c2)cc1. The summed E-state index contributed by atoms with van der Waals surface area (Å²) in [6.07, 6.45) is 1.82. The van der Waals surface area contributed by atoms with Crippen molar-refractivity contribution < 1.29 is 14.3 Å². The van der Waals surface area contributed by atoms with Crippen molar-refractivity contribution in [2.75, 3.05) is 30.4 Å². The summed E-state index contributed by atoms with van der Waals surface area (Å²) in [4.78, 5) is 29.2. The number of anilines is 2. The van der Waals surface area contributed by atoms with Crippen molar-refractivity contribution in [3.05, 3.63) is 99.2 Å². The molecule has 2 aliphatic rings. The fraction of sp³-hybridized carbons (Fsp3) is 0.312. The molecule has 2 N–H and O–H groups in total. The number of carbonyl (C=O) groups excluding carboxylic acids is 2. The van der Waals surface area contributed by atoms with Crippen molar-refractivity contribution in [1.82, 2.24) is 5.32 Å². The van der Waals surface area contributed by atoms with Gasteiger partial charge in [-0.1, -0.05) is 67.4 Å². The second kappa shape index (κ2) is 11.6. The smallest absolute Gasteiger partial charge is 0.239 e. The Labute approximate surface area is 245 Å². The van der Waals surface area contributed by atoms with Gasteiger partial charge in [-0.05, 0) is 65.8 Å². The van der Waals surface area contributed by atoms with Gasteiger partial charge in [0.2, 0.25) is 5.91 Å². The van der Waals surface area contributed by atoms with Crippen molar-refractivity contribution in [3.8, 4) is 5.75 Å². The van der Waals surface area contributed by atoms with Gasteiger partial charge in [-0.25, -0.2) is 0 Å². The van der Waals surface area contributed by atoms with Crippen LogP contribution in [0.1, 0.15) is 43.9 Å². The van der Waals surface area contributed by atoms with E-state index in [2.05, 4.69) is 24.5 Å². The number of halogens is 2. The van der Waals surface area contributed by atoms with E-state index in [1.165, 1.54) is 0 Å². The Hall–Kier alpha value is -3.48. The maximum atomic E-state index is 13.8. The molecule has 8 heteroatoms. The van der Waals surface area contributed by atoms with Crippen LogP contribution in [-0.4, -0.2) is 31.9 Å². The number of benzene rings is 3. The highest BCUT2D eigenvalue weighted by molar-refractivity contribution is 6.42. The number of ketones is 1. The van der Waals surface area contributed by atoms with E-state index in [1.54, 1.807) is 19.2 Å². The third-order valence-electron chi connectivity index (χ3n) is 7.47. The molecule has 0 fully saturated rings. The first-order chi connectivity index (χ1) is 19.1. The Balaban J connectivity index is 1.49. The van der Waals surface area contributed by atoms with Crippen LogP contribution in [-0.2, 0) is 16.0 Å². The summed E-state index contributed by atoms with van der Waals surface area (Å²) in [5.41, 5.74) is 4.96. The number of hydrogen-bond acceptors (Lipinski definition) is 5. The van der Waals surface area contributed by atoms with Gasteiger partial charge in [-0.2, -0.15) is 0 Å². The van der Waals surface area contributed by atoms with Gasteiger partial charge in [-0.3, -0.25) is 9.59 Å². The van der Waals surface area contributed by atoms with Crippen LogP contribution in [0.3, 0.4) is 0 Å². The van der Waals surface area contributed by atoms with E-state index in [1.807, 2.05) is 59.5 Å². The Morgan fingerprint density at radius 3 is 2.52 bits per heavy atom. The zero-order chi connectivity index (χ0) is 28.4. The first-order valence-corrected chi connectivity index (χ1v) is 14.1. The summed E-state index contributed by atoms with van der Waals surface area (Å²) in [5.74, 6) is 0.720. The van der Waals surface area contributed by atoms with Gasteiger partial charge in [0.25, 0.3) is 0 Å². The van der Waals surface area contributed by atoms with Crippen molar-refractivity contribution in [3.63, 3.8) is 0 Å². The van der Waals surface area contributed by atoms with E-state index in [9.17, 15) is 9.59 Å². The maximum absolute atomic E-state index is 13.8. The number of fused-ring (bicyclic) bond motifs is 1. The van der Waals surface area contributed by atoms with E-state index in [4.69, 9.17) is 27.9 Å². The van der Waals surface area contributed by atoms with E-state index in [0.29, 0.717) is 41.4 Å². The van der Waals surface area contributed by atoms with Crippen LogP contribution >= 0.6 is 23.2 Å². The van der Waals surface area contributed by atoms with Crippen LogP contribution in [0.4, 0.5) is 11.4 Å². The van der Waals surface area contributed by atoms with Gasteiger partial charge in [0.05, 0.1) is 41.1 Å². The van der Waals surface area contributed by atoms with Crippen LogP contribution in [0.5, 0.6) is 5.75 Å². The van der Waals surface area contributed by atoms with Crippen LogP contribution in [0.15, 0.2) is 78.0 Å². The normalized spacial score (nSPS) is 17.9. The van der Waals surface area contributed by atoms with E-state index < -0.39 is 6.04 Å². The molecule has 0 saturated heterocycles. The summed E-state index contributed by atoms with van der Waals surface area (Å²) in [5, 5.41) is 7.47. The average Bonchev–Trinajstić information content (AvgIpc) is 3.04. The fourth-order valence-corrected chi connectivity index (χ4v) is 5.91. The number of para-hydroxylation sites is 2. The molecular formula is C32H33Cl2N3O3. The number of amides is 1. The molecule has 3 aromatic rings. The minimum absolute atomic E-state index is 0.0552. The molecule has 0 bridgehead atoms. The molecule has 40 heavy (non-hydrogen) atoms. The predicted molar refractivity (Wildman–Crippen MR) is 161 cm³/mol. The first-order valence-electron chi connectivity index (χ1n) is 13.4. The van der Waals surface area contributed by atoms with Gasteiger partial charge >= 0.3 is 0 Å². The third-order valence-corrected chi connectivity index (χ3v) is 8.21. The first kappa shape index (κ1) is 28.1.